The van der Waals surface area contributed by atoms with E-state index in [0.29, 0.717) is 17.9 Å². The standard InChI is InChI=1S/C15H13N3O2/c1-10-6-7-12(8-14(10)18(19)20)17-9-11-4-2-3-5-13(11)15(17)16/h2-8,16H,9H2,1H3/p+1. The third-order valence-corrected chi connectivity index (χ3v) is 3.61. The second-order valence-electron chi connectivity index (χ2n) is 4.86. The number of nitro groups is 1. The average molecular weight is 268 g/mol. The molecule has 1 aliphatic heterocycles. The van der Waals surface area contributed by atoms with Crippen LogP contribution in [0.15, 0.2) is 42.5 Å². The topological polar surface area (TPSA) is 72.2 Å². The molecule has 3 rings (SSSR count). The molecule has 2 N–H and O–H groups in total. The van der Waals surface area contributed by atoms with Crippen molar-refractivity contribution in [2.45, 2.75) is 13.5 Å². The Morgan fingerprint density at radius 1 is 1.25 bits per heavy atom. The van der Waals surface area contributed by atoms with Gasteiger partial charge in [0.2, 0.25) is 0 Å². The molecule has 0 amide bonds. The third-order valence-electron chi connectivity index (χ3n) is 3.61. The van der Waals surface area contributed by atoms with Crippen LogP contribution in [-0.4, -0.2) is 15.3 Å². The monoisotopic (exact) mass is 268 g/mol. The van der Waals surface area contributed by atoms with Crippen molar-refractivity contribution >= 4 is 17.2 Å². The van der Waals surface area contributed by atoms with Gasteiger partial charge in [-0.1, -0.05) is 18.2 Å². The van der Waals surface area contributed by atoms with Gasteiger partial charge in [-0.05, 0) is 25.1 Å². The maximum Gasteiger partial charge on any atom is 0.280 e. The van der Waals surface area contributed by atoms with Crippen molar-refractivity contribution in [1.82, 2.24) is 0 Å². The van der Waals surface area contributed by atoms with E-state index in [1.54, 1.807) is 19.1 Å². The van der Waals surface area contributed by atoms with Gasteiger partial charge in [-0.15, -0.1) is 0 Å². The second kappa shape index (κ2) is 4.45. The molecule has 0 saturated heterocycles. The second-order valence-corrected chi connectivity index (χ2v) is 4.86. The highest BCUT2D eigenvalue weighted by Crippen LogP contribution is 2.28. The summed E-state index contributed by atoms with van der Waals surface area (Å²) in [6.45, 7) is 2.37. The molecule has 5 nitrogen and oxygen atoms in total. The summed E-state index contributed by atoms with van der Waals surface area (Å²) in [7, 11) is 0. The van der Waals surface area contributed by atoms with Crippen LogP contribution in [0.2, 0.25) is 0 Å². The lowest BCUT2D eigenvalue weighted by atomic mass is 10.1. The molecule has 0 aliphatic carbocycles. The van der Waals surface area contributed by atoms with Crippen LogP contribution in [-0.2, 0) is 6.54 Å². The first-order valence-corrected chi connectivity index (χ1v) is 6.31. The van der Waals surface area contributed by atoms with Crippen LogP contribution in [0.4, 0.5) is 11.4 Å². The average Bonchev–Trinajstić information content (AvgIpc) is 2.77. The number of fused-ring (bicyclic) bond motifs is 1. The molecule has 1 aliphatic rings. The van der Waals surface area contributed by atoms with E-state index in [0.717, 1.165) is 16.8 Å². The van der Waals surface area contributed by atoms with Crippen LogP contribution >= 0.6 is 0 Å². The fraction of sp³-hybridized carbons (Fsp3) is 0.133. The highest BCUT2D eigenvalue weighted by atomic mass is 16.6. The maximum atomic E-state index is 11.0. The number of hydrogen-bond acceptors (Lipinski definition) is 3. The smallest absolute Gasteiger partial charge is 0.280 e. The maximum absolute atomic E-state index is 11.0. The van der Waals surface area contributed by atoms with Crippen LogP contribution in [0, 0.1) is 17.0 Å². The molecule has 0 fully saturated rings. The first-order chi connectivity index (χ1) is 9.58. The van der Waals surface area contributed by atoms with Gasteiger partial charge in [0, 0.05) is 11.1 Å². The van der Waals surface area contributed by atoms with E-state index in [4.69, 9.17) is 5.73 Å². The first-order valence-electron chi connectivity index (χ1n) is 6.31. The van der Waals surface area contributed by atoms with Crippen molar-refractivity contribution in [2.24, 2.45) is 5.73 Å². The minimum Gasteiger partial charge on any atom is -0.286 e. The molecule has 0 unspecified atom stereocenters. The Morgan fingerprint density at radius 3 is 2.70 bits per heavy atom. The largest absolute Gasteiger partial charge is 0.286 e. The molecule has 20 heavy (non-hydrogen) atoms. The Bertz CT molecular complexity index is 751. The molecule has 1 heterocycles. The number of nitrogens with zero attached hydrogens (tertiary/aromatic N) is 2. The number of aryl methyl sites for hydroxylation is 1. The van der Waals surface area contributed by atoms with Crippen LogP contribution in [0.3, 0.4) is 0 Å². The molecule has 5 heteroatoms. The normalized spacial score (nSPS) is 13.4. The van der Waals surface area contributed by atoms with Gasteiger partial charge < -0.3 is 0 Å². The van der Waals surface area contributed by atoms with Crippen LogP contribution in [0.25, 0.3) is 0 Å². The summed E-state index contributed by atoms with van der Waals surface area (Å²) in [6.07, 6.45) is 0. The Labute approximate surface area is 116 Å². The minimum atomic E-state index is -0.363. The zero-order valence-electron chi connectivity index (χ0n) is 11.0. The Kier molecular flexibility index (Phi) is 2.75. The number of benzene rings is 2. The summed E-state index contributed by atoms with van der Waals surface area (Å²) in [4.78, 5) is 10.7. The predicted octanol–water partition coefficient (Wildman–Crippen LogP) is 2.47. The molecule has 2 aromatic carbocycles. The molecule has 0 atom stereocenters. The Morgan fingerprint density at radius 2 is 2.00 bits per heavy atom. The van der Waals surface area contributed by atoms with Gasteiger partial charge in [-0.25, -0.2) is 4.58 Å². The quantitative estimate of drug-likeness (QED) is 0.516. The van der Waals surface area contributed by atoms with Crippen molar-refractivity contribution in [3.8, 4) is 0 Å². The summed E-state index contributed by atoms with van der Waals surface area (Å²) >= 11 is 0. The highest BCUT2D eigenvalue weighted by molar-refractivity contribution is 5.97. The third kappa shape index (κ3) is 1.84. The van der Waals surface area contributed by atoms with Gasteiger partial charge in [0.15, 0.2) is 0 Å². The molecular weight excluding hydrogens is 254 g/mol. The van der Waals surface area contributed by atoms with Crippen LogP contribution < -0.4 is 5.73 Å². The lowest BCUT2D eigenvalue weighted by Gasteiger charge is -2.04. The van der Waals surface area contributed by atoms with Gasteiger partial charge in [0.1, 0.15) is 12.2 Å². The van der Waals surface area contributed by atoms with E-state index in [1.165, 1.54) is 0 Å². The van der Waals surface area contributed by atoms with Gasteiger partial charge in [-0.2, -0.15) is 0 Å². The molecule has 0 bridgehead atoms. The van der Waals surface area contributed by atoms with Crippen LogP contribution in [0.1, 0.15) is 16.7 Å². The number of rotatable bonds is 2. The van der Waals surface area contributed by atoms with Gasteiger partial charge in [-0.3, -0.25) is 15.8 Å². The van der Waals surface area contributed by atoms with E-state index in [1.807, 2.05) is 34.9 Å². The number of amidine groups is 1. The first kappa shape index (κ1) is 12.3. The zero-order valence-corrected chi connectivity index (χ0v) is 11.0. The van der Waals surface area contributed by atoms with Crippen molar-refractivity contribution in [3.63, 3.8) is 0 Å². The number of nitrogens with two attached hydrogens (primary N) is 1. The molecule has 0 spiro atoms. The minimum absolute atomic E-state index is 0.117. The SMILES string of the molecule is Cc1ccc([N+]2=C(N)c3ccccc3C2)cc1[N+](=O)[O-]. The van der Waals surface area contributed by atoms with E-state index in [-0.39, 0.29) is 10.6 Å². The lowest BCUT2D eigenvalue weighted by Crippen LogP contribution is -2.20. The lowest BCUT2D eigenvalue weighted by molar-refractivity contribution is -0.454. The molecule has 0 aromatic heterocycles. The van der Waals surface area contributed by atoms with E-state index < -0.39 is 0 Å². The molecule has 100 valence electrons. The zero-order chi connectivity index (χ0) is 14.3. The highest BCUT2D eigenvalue weighted by Gasteiger charge is 2.26. The number of nitro benzene ring substituents is 1. The Hall–Kier alpha value is -2.69. The molecule has 0 radical (unpaired) electrons. The summed E-state index contributed by atoms with van der Waals surface area (Å²) in [6, 6.07) is 13.1. The van der Waals surface area contributed by atoms with Gasteiger partial charge in [0.25, 0.3) is 11.5 Å². The van der Waals surface area contributed by atoms with E-state index in [9.17, 15) is 10.1 Å². The molecule has 0 saturated carbocycles. The van der Waals surface area contributed by atoms with Crippen molar-refractivity contribution < 1.29 is 9.50 Å². The fourth-order valence-electron chi connectivity index (χ4n) is 2.50. The van der Waals surface area contributed by atoms with E-state index in [2.05, 4.69) is 0 Å². The fourth-order valence-corrected chi connectivity index (χ4v) is 2.50. The molecule has 2 aromatic rings. The van der Waals surface area contributed by atoms with Crippen molar-refractivity contribution in [3.05, 3.63) is 69.3 Å². The summed E-state index contributed by atoms with van der Waals surface area (Å²) in [5.74, 6) is 0.638. The summed E-state index contributed by atoms with van der Waals surface area (Å²) < 4.78 is 1.90. The predicted molar refractivity (Wildman–Crippen MR) is 76.2 cm³/mol. The van der Waals surface area contributed by atoms with Crippen molar-refractivity contribution in [1.29, 1.82) is 0 Å². The van der Waals surface area contributed by atoms with Crippen molar-refractivity contribution in [2.75, 3.05) is 0 Å². The van der Waals surface area contributed by atoms with Crippen LogP contribution in [0.5, 0.6) is 0 Å². The Balaban J connectivity index is 2.10. The summed E-state index contributed by atoms with van der Waals surface area (Å²) in [5.41, 5.74) is 9.80. The van der Waals surface area contributed by atoms with Gasteiger partial charge >= 0.3 is 0 Å². The summed E-state index contributed by atoms with van der Waals surface area (Å²) in [5, 5.41) is 11.0. The molecular formula is C15H14N3O2+. The van der Waals surface area contributed by atoms with Gasteiger partial charge in [0.05, 0.1) is 16.6 Å². The van der Waals surface area contributed by atoms with E-state index >= 15 is 0 Å². The number of hydrogen-bond donors (Lipinski definition) is 1.